The van der Waals surface area contributed by atoms with Crippen LogP contribution in [-0.2, 0) is 0 Å². The topological polar surface area (TPSA) is 50.0 Å². The number of anilines is 2. The second-order valence-corrected chi connectivity index (χ2v) is 7.51. The van der Waals surface area contributed by atoms with E-state index in [-0.39, 0.29) is 11.4 Å². The summed E-state index contributed by atoms with van der Waals surface area (Å²) < 4.78 is 0. The van der Waals surface area contributed by atoms with Crippen LogP contribution in [0, 0.1) is 5.41 Å². The van der Waals surface area contributed by atoms with E-state index < -0.39 is 0 Å². The number of halogens is 2. The minimum Gasteiger partial charge on any atom is -0.244 e. The molecule has 2 aromatic carbocycles. The molecule has 129 valence electrons. The molecule has 0 saturated heterocycles. The fraction of sp³-hybridized carbons (Fsp3) is 0.222. The first-order chi connectivity index (χ1) is 11.8. The Kier molecular flexibility index (Phi) is 4.62. The second kappa shape index (κ2) is 6.58. The number of amidine groups is 1. The molecule has 0 aliphatic carbocycles. The van der Waals surface area contributed by atoms with Gasteiger partial charge in [0.05, 0.1) is 11.4 Å². The normalized spacial score (nSPS) is 15.1. The van der Waals surface area contributed by atoms with Gasteiger partial charge < -0.3 is 0 Å². The Morgan fingerprint density at radius 1 is 0.800 bits per heavy atom. The lowest BCUT2D eigenvalue weighted by molar-refractivity contribution is 0.248. The molecule has 0 spiro atoms. The summed E-state index contributed by atoms with van der Waals surface area (Å²) in [4.78, 5) is 13.0. The van der Waals surface area contributed by atoms with Gasteiger partial charge in [0.25, 0.3) is 0 Å². The minimum atomic E-state index is -0.377. The Morgan fingerprint density at radius 2 is 1.24 bits per heavy atom. The number of carbonyl (C=O) groups excluding carboxylic acids is 1. The third-order valence-electron chi connectivity index (χ3n) is 3.57. The highest BCUT2D eigenvalue weighted by molar-refractivity contribution is 6.31. The van der Waals surface area contributed by atoms with Crippen molar-refractivity contribution < 1.29 is 4.79 Å². The van der Waals surface area contributed by atoms with Crippen molar-refractivity contribution in [2.75, 3.05) is 10.0 Å². The number of urea groups is 1. The summed E-state index contributed by atoms with van der Waals surface area (Å²) in [5, 5.41) is 8.29. The summed E-state index contributed by atoms with van der Waals surface area (Å²) in [6, 6.07) is 13.5. The van der Waals surface area contributed by atoms with E-state index in [2.05, 4.69) is 10.5 Å². The summed E-state index contributed by atoms with van der Waals surface area (Å²) in [5.74, 6) is 0.539. The van der Waals surface area contributed by atoms with Gasteiger partial charge >= 0.3 is 6.03 Å². The van der Waals surface area contributed by atoms with Crippen molar-refractivity contribution in [3.8, 4) is 0 Å². The van der Waals surface area contributed by atoms with Gasteiger partial charge in [-0.2, -0.15) is 10.0 Å². The van der Waals surface area contributed by atoms with Crippen molar-refractivity contribution in [2.24, 2.45) is 10.5 Å². The molecule has 5 nitrogen and oxygen atoms in total. The fourth-order valence-electron chi connectivity index (χ4n) is 2.19. The predicted octanol–water partition coefficient (Wildman–Crippen LogP) is 5.32. The third kappa shape index (κ3) is 3.72. The molecule has 0 aromatic heterocycles. The lowest BCUT2D eigenvalue weighted by Gasteiger charge is -2.35. The average molecular weight is 376 g/mol. The van der Waals surface area contributed by atoms with E-state index in [1.54, 1.807) is 48.5 Å². The van der Waals surface area contributed by atoms with Crippen molar-refractivity contribution in [3.63, 3.8) is 0 Å². The molecule has 0 bridgehead atoms. The third-order valence-corrected chi connectivity index (χ3v) is 4.07. The molecule has 3 rings (SSSR count). The van der Waals surface area contributed by atoms with Gasteiger partial charge in [0.1, 0.15) is 0 Å². The second-order valence-electron chi connectivity index (χ2n) is 6.63. The first kappa shape index (κ1) is 17.6. The van der Waals surface area contributed by atoms with Gasteiger partial charge in [0.15, 0.2) is 5.84 Å². The Morgan fingerprint density at radius 3 is 1.68 bits per heavy atom. The van der Waals surface area contributed by atoms with Gasteiger partial charge in [0.2, 0.25) is 0 Å². The number of hydrogen-bond donors (Lipinski definition) is 0. The van der Waals surface area contributed by atoms with E-state index in [0.29, 0.717) is 27.3 Å². The summed E-state index contributed by atoms with van der Waals surface area (Å²) in [7, 11) is 0. The van der Waals surface area contributed by atoms with Gasteiger partial charge in [-0.3, -0.25) is 0 Å². The standard InChI is InChI=1S/C18H17Cl2N4O/c1-18(2,3)16-21-23(14-8-4-12(19)5-9-14)17(25)24(22-16)15-10-6-13(20)7-11-15/h4-11H,1-3H3. The molecule has 2 amide bonds. The Hall–Kier alpha value is -2.24. The van der Waals surface area contributed by atoms with Crippen LogP contribution in [0.15, 0.2) is 53.6 Å². The fourth-order valence-corrected chi connectivity index (χ4v) is 2.44. The molecule has 2 aromatic rings. The molecular weight excluding hydrogens is 359 g/mol. The molecule has 1 radical (unpaired) electrons. The van der Waals surface area contributed by atoms with Gasteiger partial charge in [-0.15, -0.1) is 10.5 Å². The van der Waals surface area contributed by atoms with Crippen LogP contribution in [0.5, 0.6) is 0 Å². The van der Waals surface area contributed by atoms with Crippen LogP contribution in [0.1, 0.15) is 20.8 Å². The van der Waals surface area contributed by atoms with Gasteiger partial charge in [-0.05, 0) is 48.5 Å². The summed E-state index contributed by atoms with van der Waals surface area (Å²) in [6.45, 7) is 5.97. The first-order valence-corrected chi connectivity index (χ1v) is 8.47. The van der Waals surface area contributed by atoms with Gasteiger partial charge in [-0.1, -0.05) is 44.0 Å². The number of carbonyl (C=O) groups is 1. The van der Waals surface area contributed by atoms with Crippen LogP contribution < -0.4 is 15.4 Å². The van der Waals surface area contributed by atoms with Crippen LogP contribution in [0.4, 0.5) is 16.2 Å². The van der Waals surface area contributed by atoms with E-state index in [0.717, 1.165) is 0 Å². The summed E-state index contributed by atoms with van der Waals surface area (Å²) in [5.41, 5.74) is 5.34. The summed E-state index contributed by atoms with van der Waals surface area (Å²) >= 11 is 11.9. The number of nitrogens with zero attached hydrogens (tertiary/aromatic N) is 4. The highest BCUT2D eigenvalue weighted by Gasteiger charge is 2.36. The highest BCUT2D eigenvalue weighted by Crippen LogP contribution is 2.28. The lowest BCUT2D eigenvalue weighted by atomic mass is 9.95. The SMILES string of the molecule is CC(C)(C)C1=NN(c2ccc(Cl)cc2)C(=O)N(c2ccc(Cl)cc2)[N]1. The van der Waals surface area contributed by atoms with E-state index in [4.69, 9.17) is 23.2 Å². The van der Waals surface area contributed by atoms with Crippen molar-refractivity contribution >= 4 is 46.4 Å². The zero-order chi connectivity index (χ0) is 18.2. The van der Waals surface area contributed by atoms with Crippen LogP contribution in [0.25, 0.3) is 0 Å². The van der Waals surface area contributed by atoms with E-state index >= 15 is 0 Å². The number of benzene rings is 2. The maximum absolute atomic E-state index is 13.0. The highest BCUT2D eigenvalue weighted by atomic mass is 35.5. The zero-order valence-corrected chi connectivity index (χ0v) is 15.6. The predicted molar refractivity (Wildman–Crippen MR) is 102 cm³/mol. The number of amides is 2. The number of hydrazone groups is 1. The van der Waals surface area contributed by atoms with Crippen molar-refractivity contribution in [1.29, 1.82) is 0 Å². The van der Waals surface area contributed by atoms with Crippen LogP contribution in [-0.4, -0.2) is 11.9 Å². The molecule has 0 saturated carbocycles. The quantitative estimate of drug-likeness (QED) is 0.700. The van der Waals surface area contributed by atoms with Gasteiger partial charge in [-0.25, -0.2) is 4.79 Å². The largest absolute Gasteiger partial charge is 0.370 e. The van der Waals surface area contributed by atoms with Gasteiger partial charge in [0, 0.05) is 15.5 Å². The molecule has 0 N–H and O–H groups in total. The molecule has 0 fully saturated rings. The average Bonchev–Trinajstić information content (AvgIpc) is 2.56. The van der Waals surface area contributed by atoms with Crippen LogP contribution in [0.2, 0.25) is 10.0 Å². The monoisotopic (exact) mass is 375 g/mol. The maximum atomic E-state index is 13.0. The Balaban J connectivity index is 2.05. The molecular formula is C18H17Cl2N4O. The lowest BCUT2D eigenvalue weighted by Crippen LogP contribution is -2.55. The smallest absolute Gasteiger partial charge is 0.244 e. The molecule has 1 aliphatic heterocycles. The van der Waals surface area contributed by atoms with Crippen LogP contribution >= 0.6 is 23.2 Å². The molecule has 7 heteroatoms. The number of hydrogen-bond acceptors (Lipinski definition) is 2. The number of rotatable bonds is 2. The van der Waals surface area contributed by atoms with E-state index in [9.17, 15) is 4.79 Å². The first-order valence-electron chi connectivity index (χ1n) is 7.72. The van der Waals surface area contributed by atoms with Crippen molar-refractivity contribution in [3.05, 3.63) is 58.6 Å². The molecule has 0 atom stereocenters. The molecule has 1 heterocycles. The summed E-state index contributed by atoms with van der Waals surface area (Å²) in [6.07, 6.45) is 0. The zero-order valence-electron chi connectivity index (χ0n) is 14.1. The van der Waals surface area contributed by atoms with Crippen molar-refractivity contribution in [1.82, 2.24) is 5.43 Å². The minimum absolute atomic E-state index is 0.337. The Labute approximate surface area is 156 Å². The van der Waals surface area contributed by atoms with Crippen LogP contribution in [0.3, 0.4) is 0 Å². The maximum Gasteiger partial charge on any atom is 0.370 e. The molecule has 1 aliphatic rings. The van der Waals surface area contributed by atoms with E-state index in [1.807, 2.05) is 20.8 Å². The molecule has 0 unspecified atom stereocenters. The van der Waals surface area contributed by atoms with Crippen molar-refractivity contribution in [2.45, 2.75) is 20.8 Å². The van der Waals surface area contributed by atoms with E-state index in [1.165, 1.54) is 10.0 Å². The molecule has 25 heavy (non-hydrogen) atoms. The Bertz CT molecular complexity index is 810.